The van der Waals surface area contributed by atoms with Crippen molar-refractivity contribution >= 4 is 17.5 Å². The van der Waals surface area contributed by atoms with Crippen molar-refractivity contribution < 1.29 is 14.3 Å². The van der Waals surface area contributed by atoms with Crippen LogP contribution in [0.5, 0.6) is 11.5 Å². The molecule has 0 atom stereocenters. The molecule has 1 fully saturated rings. The highest BCUT2D eigenvalue weighted by Gasteiger charge is 2.43. The number of alkyl halides is 1. The van der Waals surface area contributed by atoms with Crippen LogP contribution in [-0.4, -0.2) is 31.5 Å². The Kier molecular flexibility index (Phi) is 3.66. The molecule has 0 aromatic heterocycles. The number of methoxy groups -OCH3 is 2. The lowest BCUT2D eigenvalue weighted by Gasteiger charge is -2.16. The Labute approximate surface area is 111 Å². The van der Waals surface area contributed by atoms with Crippen molar-refractivity contribution in [2.75, 3.05) is 20.1 Å². The minimum Gasteiger partial charge on any atom is -0.497 e. The highest BCUT2D eigenvalue weighted by molar-refractivity contribution is 6.19. The molecule has 0 bridgehead atoms. The Morgan fingerprint density at radius 3 is 2.61 bits per heavy atom. The third-order valence-electron chi connectivity index (χ3n) is 3.14. The Hall–Kier alpha value is -1.42. The predicted octanol–water partition coefficient (Wildman–Crippen LogP) is 2.21. The van der Waals surface area contributed by atoms with Crippen LogP contribution in [0.2, 0.25) is 0 Å². The van der Waals surface area contributed by atoms with Crippen LogP contribution < -0.4 is 14.8 Å². The van der Waals surface area contributed by atoms with E-state index in [2.05, 4.69) is 5.32 Å². The molecule has 2 rings (SSSR count). The van der Waals surface area contributed by atoms with E-state index in [0.717, 1.165) is 12.8 Å². The van der Waals surface area contributed by atoms with Gasteiger partial charge in [0.1, 0.15) is 11.5 Å². The maximum Gasteiger partial charge on any atom is 0.255 e. The first-order valence-electron chi connectivity index (χ1n) is 5.74. The summed E-state index contributed by atoms with van der Waals surface area (Å²) in [6.45, 7) is 0. The van der Waals surface area contributed by atoms with E-state index in [9.17, 15) is 4.79 Å². The summed E-state index contributed by atoms with van der Waals surface area (Å²) >= 11 is 5.85. The van der Waals surface area contributed by atoms with Gasteiger partial charge >= 0.3 is 0 Å². The number of rotatable bonds is 5. The number of hydrogen-bond acceptors (Lipinski definition) is 3. The molecule has 1 aliphatic carbocycles. The molecule has 1 aliphatic rings. The standard InChI is InChI=1S/C13H16ClNO3/c1-17-9-3-4-11(18-2)10(7-9)12(16)15-13(8-14)5-6-13/h3-4,7H,5-6,8H2,1-2H3,(H,15,16). The van der Waals surface area contributed by atoms with E-state index in [4.69, 9.17) is 21.1 Å². The van der Waals surface area contributed by atoms with E-state index in [1.165, 1.54) is 7.11 Å². The van der Waals surface area contributed by atoms with E-state index < -0.39 is 0 Å². The smallest absolute Gasteiger partial charge is 0.255 e. The van der Waals surface area contributed by atoms with Crippen LogP contribution in [0.1, 0.15) is 23.2 Å². The Morgan fingerprint density at radius 1 is 1.39 bits per heavy atom. The molecule has 0 unspecified atom stereocenters. The van der Waals surface area contributed by atoms with Gasteiger partial charge in [-0.2, -0.15) is 0 Å². The van der Waals surface area contributed by atoms with Crippen molar-refractivity contribution in [1.29, 1.82) is 0 Å². The number of benzene rings is 1. The normalized spacial score (nSPS) is 15.9. The minimum absolute atomic E-state index is 0.177. The number of halogens is 1. The first-order chi connectivity index (χ1) is 8.64. The van der Waals surface area contributed by atoms with Gasteiger partial charge in [0.2, 0.25) is 0 Å². The van der Waals surface area contributed by atoms with Crippen LogP contribution in [-0.2, 0) is 0 Å². The zero-order valence-corrected chi connectivity index (χ0v) is 11.2. The topological polar surface area (TPSA) is 47.6 Å². The molecule has 0 saturated heterocycles. The average molecular weight is 270 g/mol. The summed E-state index contributed by atoms with van der Waals surface area (Å²) in [4.78, 5) is 12.2. The predicted molar refractivity (Wildman–Crippen MR) is 69.7 cm³/mol. The number of hydrogen-bond donors (Lipinski definition) is 1. The van der Waals surface area contributed by atoms with Gasteiger partial charge in [-0.05, 0) is 31.0 Å². The van der Waals surface area contributed by atoms with E-state index in [1.807, 2.05) is 0 Å². The summed E-state index contributed by atoms with van der Waals surface area (Å²) in [6.07, 6.45) is 1.85. The molecule has 98 valence electrons. The molecular formula is C13H16ClNO3. The minimum atomic E-state index is -0.229. The lowest BCUT2D eigenvalue weighted by molar-refractivity contribution is 0.0932. The average Bonchev–Trinajstić information content (AvgIpc) is 3.18. The van der Waals surface area contributed by atoms with Crippen molar-refractivity contribution in [2.24, 2.45) is 0 Å². The maximum atomic E-state index is 12.2. The second-order valence-corrected chi connectivity index (χ2v) is 4.70. The Bertz CT molecular complexity index is 458. The van der Waals surface area contributed by atoms with Gasteiger partial charge < -0.3 is 14.8 Å². The van der Waals surface area contributed by atoms with Crippen molar-refractivity contribution in [3.05, 3.63) is 23.8 Å². The van der Waals surface area contributed by atoms with Crippen molar-refractivity contribution in [1.82, 2.24) is 5.32 Å². The molecule has 4 nitrogen and oxygen atoms in total. The van der Waals surface area contributed by atoms with Crippen molar-refractivity contribution in [3.63, 3.8) is 0 Å². The molecule has 0 heterocycles. The summed E-state index contributed by atoms with van der Waals surface area (Å²) in [7, 11) is 3.09. The first-order valence-corrected chi connectivity index (χ1v) is 6.28. The molecule has 0 radical (unpaired) electrons. The van der Waals surface area contributed by atoms with Crippen LogP contribution in [0.4, 0.5) is 0 Å². The Morgan fingerprint density at radius 2 is 2.11 bits per heavy atom. The fourth-order valence-corrected chi connectivity index (χ4v) is 2.08. The first kappa shape index (κ1) is 13.0. The molecule has 0 spiro atoms. The summed E-state index contributed by atoms with van der Waals surface area (Å²) < 4.78 is 10.3. The van der Waals surface area contributed by atoms with Gasteiger partial charge in [0.25, 0.3) is 5.91 Å². The van der Waals surface area contributed by atoms with Gasteiger partial charge in [-0.3, -0.25) is 4.79 Å². The van der Waals surface area contributed by atoms with Gasteiger partial charge in [0.15, 0.2) is 0 Å². The van der Waals surface area contributed by atoms with E-state index in [1.54, 1.807) is 25.3 Å². The highest BCUT2D eigenvalue weighted by atomic mass is 35.5. The zero-order valence-electron chi connectivity index (χ0n) is 10.5. The molecule has 1 aromatic carbocycles. The maximum absolute atomic E-state index is 12.2. The van der Waals surface area contributed by atoms with Crippen molar-refractivity contribution in [2.45, 2.75) is 18.4 Å². The second kappa shape index (κ2) is 5.06. The molecule has 1 amide bonds. The molecule has 1 N–H and O–H groups in total. The van der Waals surface area contributed by atoms with E-state index in [-0.39, 0.29) is 11.4 Å². The Balaban J connectivity index is 2.22. The molecular weight excluding hydrogens is 254 g/mol. The largest absolute Gasteiger partial charge is 0.497 e. The van der Waals surface area contributed by atoms with Crippen LogP contribution in [0.3, 0.4) is 0 Å². The second-order valence-electron chi connectivity index (χ2n) is 4.43. The molecule has 1 saturated carbocycles. The fraction of sp³-hybridized carbons (Fsp3) is 0.462. The zero-order chi connectivity index (χ0) is 13.2. The molecule has 1 aromatic rings. The molecule has 0 aliphatic heterocycles. The lowest BCUT2D eigenvalue weighted by atomic mass is 10.1. The van der Waals surface area contributed by atoms with Gasteiger partial charge in [-0.1, -0.05) is 0 Å². The fourth-order valence-electron chi connectivity index (χ4n) is 1.74. The number of amides is 1. The van der Waals surface area contributed by atoms with Gasteiger partial charge in [-0.25, -0.2) is 0 Å². The van der Waals surface area contributed by atoms with Crippen LogP contribution >= 0.6 is 11.6 Å². The molecule has 5 heteroatoms. The molecule has 18 heavy (non-hydrogen) atoms. The summed E-state index contributed by atoms with van der Waals surface area (Å²) in [6, 6.07) is 5.14. The van der Waals surface area contributed by atoms with E-state index >= 15 is 0 Å². The van der Waals surface area contributed by atoms with E-state index in [0.29, 0.717) is 22.9 Å². The van der Waals surface area contributed by atoms with Crippen LogP contribution in [0, 0.1) is 0 Å². The van der Waals surface area contributed by atoms with Gasteiger partial charge in [0, 0.05) is 5.88 Å². The monoisotopic (exact) mass is 269 g/mol. The summed E-state index contributed by atoms with van der Waals surface area (Å²) in [5.41, 5.74) is 0.237. The van der Waals surface area contributed by atoms with Gasteiger partial charge in [-0.15, -0.1) is 11.6 Å². The third kappa shape index (κ3) is 2.53. The highest BCUT2D eigenvalue weighted by Crippen LogP contribution is 2.37. The van der Waals surface area contributed by atoms with Crippen LogP contribution in [0.25, 0.3) is 0 Å². The number of carbonyl (C=O) groups excluding carboxylic acids is 1. The third-order valence-corrected chi connectivity index (χ3v) is 3.65. The number of ether oxygens (including phenoxy) is 2. The SMILES string of the molecule is COc1ccc(OC)c(C(=O)NC2(CCl)CC2)c1. The quantitative estimate of drug-likeness (QED) is 0.834. The van der Waals surface area contributed by atoms with Crippen LogP contribution in [0.15, 0.2) is 18.2 Å². The summed E-state index contributed by atoms with van der Waals surface area (Å²) in [5.74, 6) is 1.41. The lowest BCUT2D eigenvalue weighted by Crippen LogP contribution is -2.38. The number of carbonyl (C=O) groups is 1. The number of nitrogens with one attached hydrogen (secondary N) is 1. The van der Waals surface area contributed by atoms with Crippen molar-refractivity contribution in [3.8, 4) is 11.5 Å². The van der Waals surface area contributed by atoms with Gasteiger partial charge in [0.05, 0.1) is 25.3 Å². The summed E-state index contributed by atoms with van der Waals surface area (Å²) in [5, 5.41) is 2.95.